The first-order valence-electron chi connectivity index (χ1n) is 17.9. The van der Waals surface area contributed by atoms with E-state index in [4.69, 9.17) is 0 Å². The van der Waals surface area contributed by atoms with Crippen LogP contribution in [0.25, 0.3) is 0 Å². The molecular weight excluding hydrogens is 628 g/mol. The van der Waals surface area contributed by atoms with Gasteiger partial charge in [-0.3, -0.25) is 0 Å². The van der Waals surface area contributed by atoms with Gasteiger partial charge in [-0.25, -0.2) is 0 Å². The zero-order valence-corrected chi connectivity index (χ0v) is 31.6. The topological polar surface area (TPSA) is 0 Å². The highest BCUT2D eigenvalue weighted by Gasteiger charge is 2.17. The molecule has 4 heteroatoms. The molecule has 5 rings (SSSR count). The molecule has 1 saturated heterocycles. The van der Waals surface area contributed by atoms with Crippen LogP contribution in [-0.4, -0.2) is 49.3 Å². The van der Waals surface area contributed by atoms with Gasteiger partial charge in [0.05, 0.1) is 0 Å². The summed E-state index contributed by atoms with van der Waals surface area (Å²) < 4.78 is 0. The van der Waals surface area contributed by atoms with Gasteiger partial charge in [0.15, 0.2) is 0 Å². The van der Waals surface area contributed by atoms with Crippen molar-refractivity contribution < 1.29 is 0 Å². The Morgan fingerprint density at radius 1 is 0.261 bits per heavy atom. The molecule has 0 aliphatic carbocycles. The molecule has 4 aromatic carbocycles. The molecule has 4 unspecified atom stereocenters. The van der Waals surface area contributed by atoms with Crippen LogP contribution < -0.4 is 0 Å². The SMILES string of the molecule is c1ccc(CP2CCCCP(Cc3ccccc3)CCCP(Cc3ccccc3)CCCCP(Cc3ccccc3)CCC2)cc1. The number of hydrogen-bond donors (Lipinski definition) is 0. The Hall–Kier alpha value is -1.40. The van der Waals surface area contributed by atoms with Gasteiger partial charge in [0, 0.05) is 0 Å². The van der Waals surface area contributed by atoms with E-state index in [1.165, 1.54) is 112 Å². The Balaban J connectivity index is 1.26. The lowest BCUT2D eigenvalue weighted by Gasteiger charge is -2.24. The zero-order valence-electron chi connectivity index (χ0n) is 28.1. The summed E-state index contributed by atoms with van der Waals surface area (Å²) in [5.74, 6) is 0. The molecule has 0 radical (unpaired) electrons. The fraction of sp³-hybridized carbons (Fsp3) is 0.429. The molecule has 0 spiro atoms. The maximum Gasteiger partial charge on any atom is -0.00731 e. The van der Waals surface area contributed by atoms with Crippen molar-refractivity contribution in [2.24, 2.45) is 0 Å². The first-order valence-corrected chi connectivity index (χ1v) is 25.4. The predicted molar refractivity (Wildman–Crippen MR) is 215 cm³/mol. The van der Waals surface area contributed by atoms with Crippen LogP contribution in [-0.2, 0) is 24.6 Å². The lowest BCUT2D eigenvalue weighted by Crippen LogP contribution is -2.03. The van der Waals surface area contributed by atoms with Crippen LogP contribution in [0.4, 0.5) is 0 Å². The molecular formula is C42H56P4. The second-order valence-electron chi connectivity index (χ2n) is 13.2. The number of rotatable bonds is 8. The summed E-state index contributed by atoms with van der Waals surface area (Å²) in [6, 6.07) is 45.7. The van der Waals surface area contributed by atoms with Crippen LogP contribution in [0.1, 0.15) is 60.8 Å². The first kappa shape index (κ1) is 35.9. The number of benzene rings is 4. The zero-order chi connectivity index (χ0) is 31.5. The summed E-state index contributed by atoms with van der Waals surface area (Å²) in [7, 11) is 0.285. The molecule has 0 saturated carbocycles. The average molecular weight is 685 g/mol. The highest BCUT2D eigenvalue weighted by atomic mass is 31.1. The van der Waals surface area contributed by atoms with E-state index in [2.05, 4.69) is 121 Å². The molecule has 1 heterocycles. The quantitative estimate of drug-likeness (QED) is 0.162. The molecule has 4 aromatic rings. The lowest BCUT2D eigenvalue weighted by atomic mass is 10.2. The van der Waals surface area contributed by atoms with Crippen molar-refractivity contribution in [3.63, 3.8) is 0 Å². The van der Waals surface area contributed by atoms with Crippen LogP contribution in [0, 0.1) is 0 Å². The largest absolute Gasteiger partial charge is 0.102 e. The summed E-state index contributed by atoms with van der Waals surface area (Å²) in [6.45, 7) is 0. The minimum atomic E-state index is 0.0712. The summed E-state index contributed by atoms with van der Waals surface area (Å²) in [4.78, 5) is 0. The molecule has 244 valence electrons. The standard InChI is InChI=1S/C42H56P4/c1-5-19-39(20-6-1)35-43-27-13-14-28-45(37-41-23-9-3-10-24-41)33-18-34-46(38-42-25-11-4-12-26-42)30-16-15-29-44(32-17-31-43)36-40-21-7-2-8-22-40/h1-12,19-26H,13-18,27-38H2. The van der Waals surface area contributed by atoms with Crippen molar-refractivity contribution in [3.05, 3.63) is 144 Å². The van der Waals surface area contributed by atoms with Crippen molar-refractivity contribution >= 4 is 31.7 Å². The third-order valence-electron chi connectivity index (χ3n) is 9.29. The van der Waals surface area contributed by atoms with E-state index in [1.54, 1.807) is 22.3 Å². The molecule has 46 heavy (non-hydrogen) atoms. The second kappa shape index (κ2) is 21.5. The Kier molecular flexibility index (Phi) is 16.8. The van der Waals surface area contributed by atoms with Gasteiger partial charge >= 0.3 is 0 Å². The molecule has 1 aliphatic heterocycles. The molecule has 4 atom stereocenters. The Bertz CT molecular complexity index is 1110. The predicted octanol–water partition coefficient (Wildman–Crippen LogP) is 13.1. The van der Waals surface area contributed by atoms with Crippen LogP contribution in [0.3, 0.4) is 0 Å². The van der Waals surface area contributed by atoms with Gasteiger partial charge < -0.3 is 0 Å². The van der Waals surface area contributed by atoms with Crippen molar-refractivity contribution in [2.75, 3.05) is 49.3 Å². The Morgan fingerprint density at radius 2 is 0.457 bits per heavy atom. The molecule has 0 N–H and O–H groups in total. The summed E-state index contributed by atoms with van der Waals surface area (Å²) in [6.07, 6.45) is 25.7. The van der Waals surface area contributed by atoms with Crippen molar-refractivity contribution in [3.8, 4) is 0 Å². The second-order valence-corrected chi connectivity index (χ2v) is 23.4. The van der Waals surface area contributed by atoms with E-state index in [0.29, 0.717) is 0 Å². The van der Waals surface area contributed by atoms with Crippen LogP contribution in [0.15, 0.2) is 121 Å². The number of hydrogen-bond acceptors (Lipinski definition) is 0. The van der Waals surface area contributed by atoms with E-state index in [0.717, 1.165) is 0 Å². The van der Waals surface area contributed by atoms with E-state index in [9.17, 15) is 0 Å². The van der Waals surface area contributed by atoms with Gasteiger partial charge in [-0.1, -0.05) is 121 Å². The maximum atomic E-state index is 2.38. The minimum absolute atomic E-state index is 0.0712. The highest BCUT2D eigenvalue weighted by Crippen LogP contribution is 2.49. The van der Waals surface area contributed by atoms with E-state index in [1.807, 2.05) is 0 Å². The molecule has 1 aliphatic rings. The minimum Gasteiger partial charge on any atom is -0.102 e. The van der Waals surface area contributed by atoms with E-state index in [-0.39, 0.29) is 31.7 Å². The fourth-order valence-electron chi connectivity index (χ4n) is 6.82. The molecule has 1 fully saturated rings. The van der Waals surface area contributed by atoms with Gasteiger partial charge in [0.25, 0.3) is 0 Å². The molecule has 0 bridgehead atoms. The molecule has 0 amide bonds. The Morgan fingerprint density at radius 3 is 0.674 bits per heavy atom. The van der Waals surface area contributed by atoms with Crippen molar-refractivity contribution in [1.82, 2.24) is 0 Å². The van der Waals surface area contributed by atoms with E-state index >= 15 is 0 Å². The molecule has 0 aromatic heterocycles. The van der Waals surface area contributed by atoms with Gasteiger partial charge in [0.2, 0.25) is 0 Å². The van der Waals surface area contributed by atoms with Crippen molar-refractivity contribution in [1.29, 1.82) is 0 Å². The van der Waals surface area contributed by atoms with Gasteiger partial charge in [-0.2, -0.15) is 0 Å². The average Bonchev–Trinajstić information content (AvgIpc) is 3.09. The van der Waals surface area contributed by atoms with E-state index < -0.39 is 0 Å². The van der Waals surface area contributed by atoms with Crippen molar-refractivity contribution in [2.45, 2.75) is 63.2 Å². The lowest BCUT2D eigenvalue weighted by molar-refractivity contribution is 0.878. The first-order chi connectivity index (χ1) is 22.8. The third-order valence-corrected chi connectivity index (χ3v) is 20.1. The summed E-state index contributed by atoms with van der Waals surface area (Å²) in [5, 5.41) is 0. The maximum absolute atomic E-state index is 2.38. The van der Waals surface area contributed by atoms with Crippen LogP contribution >= 0.6 is 31.7 Å². The van der Waals surface area contributed by atoms with Crippen LogP contribution in [0.2, 0.25) is 0 Å². The fourth-order valence-corrected chi connectivity index (χ4v) is 17.5. The van der Waals surface area contributed by atoms with Gasteiger partial charge in [0.1, 0.15) is 0 Å². The highest BCUT2D eigenvalue weighted by molar-refractivity contribution is 7.58. The Labute approximate surface area is 286 Å². The summed E-state index contributed by atoms with van der Waals surface area (Å²) in [5.41, 5.74) is 6.28. The molecule has 0 nitrogen and oxygen atoms in total. The summed E-state index contributed by atoms with van der Waals surface area (Å²) >= 11 is 0. The smallest absolute Gasteiger partial charge is 0.00731 e. The normalized spacial score (nSPS) is 22.8. The van der Waals surface area contributed by atoms with Gasteiger partial charge in [-0.15, -0.1) is 31.7 Å². The third kappa shape index (κ3) is 14.0. The van der Waals surface area contributed by atoms with Crippen LogP contribution in [0.5, 0.6) is 0 Å². The monoisotopic (exact) mass is 684 g/mol. The van der Waals surface area contributed by atoms with Gasteiger partial charge in [-0.05, 0) is 135 Å².